The number of rotatable bonds is 7. The molecule has 0 radical (unpaired) electrons. The first kappa shape index (κ1) is 19.3. The average Bonchev–Trinajstić information content (AvgIpc) is 2.76. The second-order valence-electron chi connectivity index (χ2n) is 6.25. The normalized spacial score (nSPS) is 11.1. The van der Waals surface area contributed by atoms with Crippen LogP contribution in [0.5, 0.6) is 17.2 Å². The van der Waals surface area contributed by atoms with Gasteiger partial charge in [0.25, 0.3) is 0 Å². The second kappa shape index (κ2) is 9.47. The molecule has 0 unspecified atom stereocenters. The summed E-state index contributed by atoms with van der Waals surface area (Å²) in [5.74, 6) is 2.53. The van der Waals surface area contributed by atoms with Crippen molar-refractivity contribution in [3.05, 3.63) is 89.0 Å². The van der Waals surface area contributed by atoms with E-state index in [1.807, 2.05) is 60.7 Å². The topological polar surface area (TPSA) is 27.7 Å². The van der Waals surface area contributed by atoms with Crippen molar-refractivity contribution in [1.29, 1.82) is 0 Å². The lowest BCUT2D eigenvalue weighted by Crippen LogP contribution is -1.86. The average molecular weight is 372 g/mol. The van der Waals surface area contributed by atoms with Gasteiger partial charge in [0.05, 0.1) is 21.3 Å². The van der Waals surface area contributed by atoms with Crippen LogP contribution in [0.25, 0.3) is 24.3 Å². The van der Waals surface area contributed by atoms with Crippen molar-refractivity contribution in [1.82, 2.24) is 0 Å². The Morgan fingerprint density at radius 1 is 0.429 bits per heavy atom. The van der Waals surface area contributed by atoms with E-state index in [0.717, 1.165) is 39.5 Å². The maximum absolute atomic E-state index is 5.46. The zero-order valence-electron chi connectivity index (χ0n) is 16.4. The van der Waals surface area contributed by atoms with Crippen LogP contribution in [-0.2, 0) is 0 Å². The Kier molecular flexibility index (Phi) is 6.53. The number of methoxy groups -OCH3 is 3. The van der Waals surface area contributed by atoms with E-state index in [4.69, 9.17) is 14.2 Å². The summed E-state index contributed by atoms with van der Waals surface area (Å²) in [7, 11) is 5.02. The molecule has 0 saturated heterocycles. The molecule has 0 heterocycles. The number of ether oxygens (including phenoxy) is 3. The van der Waals surface area contributed by atoms with E-state index in [1.165, 1.54) is 0 Å². The number of hydrogen-bond acceptors (Lipinski definition) is 3. The minimum atomic E-state index is 0.825. The van der Waals surface area contributed by atoms with E-state index >= 15 is 0 Å². The van der Waals surface area contributed by atoms with Crippen molar-refractivity contribution < 1.29 is 14.2 Å². The first-order valence-electron chi connectivity index (χ1n) is 9.03. The molecule has 0 aliphatic heterocycles. The summed E-state index contributed by atoms with van der Waals surface area (Å²) in [5.41, 5.74) is 4.37. The molecule has 0 spiro atoms. The van der Waals surface area contributed by atoms with E-state index in [1.54, 1.807) is 21.3 Å². The van der Waals surface area contributed by atoms with Crippen molar-refractivity contribution >= 4 is 24.3 Å². The number of benzene rings is 3. The van der Waals surface area contributed by atoms with Gasteiger partial charge < -0.3 is 14.2 Å². The first-order chi connectivity index (χ1) is 13.7. The molecule has 0 aromatic heterocycles. The van der Waals surface area contributed by atoms with Gasteiger partial charge in [-0.05, 0) is 64.7 Å². The quantitative estimate of drug-likeness (QED) is 0.472. The largest absolute Gasteiger partial charge is 0.497 e. The van der Waals surface area contributed by atoms with Crippen LogP contribution in [0.1, 0.15) is 22.3 Å². The van der Waals surface area contributed by atoms with E-state index < -0.39 is 0 Å². The summed E-state index contributed by atoms with van der Waals surface area (Å²) >= 11 is 0. The smallest absolute Gasteiger partial charge is 0.120 e. The molecule has 0 aliphatic carbocycles. The summed E-state index contributed by atoms with van der Waals surface area (Å²) in [6, 6.07) is 22.1. The van der Waals surface area contributed by atoms with Gasteiger partial charge in [-0.3, -0.25) is 0 Å². The minimum absolute atomic E-state index is 0.825. The monoisotopic (exact) mass is 372 g/mol. The van der Waals surface area contributed by atoms with Crippen molar-refractivity contribution in [2.24, 2.45) is 0 Å². The molecule has 3 aromatic carbocycles. The van der Waals surface area contributed by atoms with Gasteiger partial charge in [-0.15, -0.1) is 0 Å². The van der Waals surface area contributed by atoms with Crippen LogP contribution in [0.2, 0.25) is 0 Å². The fourth-order valence-corrected chi connectivity index (χ4v) is 2.77. The van der Waals surface area contributed by atoms with Gasteiger partial charge in [0, 0.05) is 0 Å². The van der Waals surface area contributed by atoms with E-state index in [0.29, 0.717) is 0 Å². The third-order valence-electron chi connectivity index (χ3n) is 4.35. The van der Waals surface area contributed by atoms with Crippen LogP contribution in [-0.4, -0.2) is 21.3 Å². The Balaban J connectivity index is 1.80. The molecule has 0 aliphatic rings. The fourth-order valence-electron chi connectivity index (χ4n) is 2.77. The van der Waals surface area contributed by atoms with E-state index in [9.17, 15) is 0 Å². The van der Waals surface area contributed by atoms with Crippen LogP contribution in [0.3, 0.4) is 0 Å². The highest BCUT2D eigenvalue weighted by Gasteiger charge is 1.99. The van der Waals surface area contributed by atoms with Gasteiger partial charge in [0.2, 0.25) is 0 Å². The second-order valence-corrected chi connectivity index (χ2v) is 6.25. The van der Waals surface area contributed by atoms with Gasteiger partial charge in [-0.25, -0.2) is 0 Å². The molecule has 142 valence electrons. The summed E-state index contributed by atoms with van der Waals surface area (Å²) in [6.07, 6.45) is 8.31. The lowest BCUT2D eigenvalue weighted by atomic mass is 10.1. The number of hydrogen-bond donors (Lipinski definition) is 0. The molecule has 28 heavy (non-hydrogen) atoms. The zero-order chi connectivity index (χ0) is 19.8. The zero-order valence-corrected chi connectivity index (χ0v) is 16.4. The maximum Gasteiger partial charge on any atom is 0.120 e. The van der Waals surface area contributed by atoms with Crippen LogP contribution in [0.15, 0.2) is 66.7 Å². The molecule has 0 amide bonds. The van der Waals surface area contributed by atoms with Gasteiger partial charge in [-0.2, -0.15) is 0 Å². The SMILES string of the molecule is COc1ccc(C=Cc2cc(C=Cc3ccc(OC)cc3)cc(OC)c2)cc1. The Labute approximate surface area is 166 Å². The van der Waals surface area contributed by atoms with Gasteiger partial charge in [-0.1, -0.05) is 48.6 Å². The van der Waals surface area contributed by atoms with Crippen molar-refractivity contribution in [2.75, 3.05) is 21.3 Å². The summed E-state index contributed by atoms with van der Waals surface area (Å²) in [4.78, 5) is 0. The lowest BCUT2D eigenvalue weighted by Gasteiger charge is -2.05. The molecule has 0 fully saturated rings. The molecule has 0 N–H and O–H groups in total. The summed E-state index contributed by atoms with van der Waals surface area (Å²) in [6.45, 7) is 0. The maximum atomic E-state index is 5.46. The van der Waals surface area contributed by atoms with Crippen LogP contribution in [0, 0.1) is 0 Å². The first-order valence-corrected chi connectivity index (χ1v) is 9.03. The summed E-state index contributed by atoms with van der Waals surface area (Å²) in [5, 5.41) is 0. The predicted octanol–water partition coefficient (Wildman–Crippen LogP) is 6.05. The Bertz CT molecular complexity index is 876. The van der Waals surface area contributed by atoms with Crippen LogP contribution in [0.4, 0.5) is 0 Å². The molecule has 0 atom stereocenters. The standard InChI is InChI=1S/C25H24O3/c1-26-23-12-8-19(9-13-23)4-6-21-16-22(18-25(17-21)28-3)7-5-20-10-14-24(27-2)15-11-20/h4-18H,1-3H3. The molecular formula is C25H24O3. The lowest BCUT2D eigenvalue weighted by molar-refractivity contribution is 0.414. The molecule has 3 nitrogen and oxygen atoms in total. The van der Waals surface area contributed by atoms with Crippen LogP contribution < -0.4 is 14.2 Å². The van der Waals surface area contributed by atoms with Crippen LogP contribution >= 0.6 is 0 Å². The highest BCUT2D eigenvalue weighted by atomic mass is 16.5. The Hall–Kier alpha value is -3.46. The van der Waals surface area contributed by atoms with Crippen molar-refractivity contribution in [3.63, 3.8) is 0 Å². The van der Waals surface area contributed by atoms with Crippen molar-refractivity contribution in [2.45, 2.75) is 0 Å². The molecule has 0 saturated carbocycles. The molecule has 3 heteroatoms. The van der Waals surface area contributed by atoms with E-state index in [2.05, 4.69) is 30.4 Å². The predicted molar refractivity (Wildman–Crippen MR) is 117 cm³/mol. The highest BCUT2D eigenvalue weighted by molar-refractivity contribution is 5.75. The third-order valence-corrected chi connectivity index (χ3v) is 4.35. The third kappa shape index (κ3) is 5.27. The molecule has 3 aromatic rings. The Morgan fingerprint density at radius 3 is 1.14 bits per heavy atom. The minimum Gasteiger partial charge on any atom is -0.497 e. The molecule has 0 bridgehead atoms. The van der Waals surface area contributed by atoms with Gasteiger partial charge in [0.15, 0.2) is 0 Å². The fraction of sp³-hybridized carbons (Fsp3) is 0.120. The summed E-state index contributed by atoms with van der Waals surface area (Å²) < 4.78 is 15.9. The van der Waals surface area contributed by atoms with Crippen molar-refractivity contribution in [3.8, 4) is 17.2 Å². The highest BCUT2D eigenvalue weighted by Crippen LogP contribution is 2.22. The van der Waals surface area contributed by atoms with Gasteiger partial charge >= 0.3 is 0 Å². The molecular weight excluding hydrogens is 348 g/mol. The van der Waals surface area contributed by atoms with E-state index in [-0.39, 0.29) is 0 Å². The Morgan fingerprint density at radius 2 is 0.786 bits per heavy atom. The molecule has 3 rings (SSSR count). The van der Waals surface area contributed by atoms with Gasteiger partial charge in [0.1, 0.15) is 17.2 Å².